The summed E-state index contributed by atoms with van der Waals surface area (Å²) in [6.07, 6.45) is 0. The van der Waals surface area contributed by atoms with Crippen LogP contribution in [0.15, 0.2) is 191 Å². The third-order valence-electron chi connectivity index (χ3n) is 10.1. The topological polar surface area (TPSA) is 84.8 Å². The summed E-state index contributed by atoms with van der Waals surface area (Å²) >= 11 is 0. The molecule has 2 heterocycles. The second kappa shape index (κ2) is 12.7. The van der Waals surface area contributed by atoms with E-state index in [2.05, 4.69) is 119 Å². The zero-order valence-corrected chi connectivity index (χ0v) is 29.2. The van der Waals surface area contributed by atoms with Crippen LogP contribution in [0.3, 0.4) is 0 Å². The Morgan fingerprint density at radius 3 is 1.15 bits per heavy atom. The average Bonchev–Trinajstić information content (AvgIpc) is 3.79. The van der Waals surface area contributed by atoms with Gasteiger partial charge in [0.2, 0.25) is 0 Å². The summed E-state index contributed by atoms with van der Waals surface area (Å²) < 4.78 is 13.0. The number of fused-ring (bicyclic) bond motifs is 6. The van der Waals surface area contributed by atoms with E-state index in [1.54, 1.807) is 0 Å². The van der Waals surface area contributed by atoms with E-state index in [0.717, 1.165) is 89.1 Å². The van der Waals surface area contributed by atoms with Gasteiger partial charge in [-0.25, -0.2) is 0 Å². The van der Waals surface area contributed by atoms with Gasteiger partial charge >= 0.3 is 0 Å². The molecule has 0 atom stereocenters. The van der Waals surface area contributed by atoms with Gasteiger partial charge in [0, 0.05) is 55.7 Å². The van der Waals surface area contributed by atoms with Crippen molar-refractivity contribution in [2.45, 2.75) is 0 Å². The van der Waals surface area contributed by atoms with Crippen molar-refractivity contribution in [1.29, 1.82) is 0 Å². The largest absolute Gasteiger partial charge is 0.454 e. The van der Waals surface area contributed by atoms with E-state index in [9.17, 15) is 0 Å². The molecule has 0 radical (unpaired) electrons. The number of hydrogen-bond acceptors (Lipinski definition) is 6. The Kier molecular flexibility index (Phi) is 7.34. The maximum Gasteiger partial charge on any atom is 0.159 e. The van der Waals surface area contributed by atoms with Crippen LogP contribution in [0.2, 0.25) is 0 Å². The molecular weight excluding hydrogens is 665 g/mol. The quantitative estimate of drug-likeness (QED) is 0.161. The van der Waals surface area contributed by atoms with E-state index in [1.807, 2.05) is 72.8 Å². The summed E-state index contributed by atoms with van der Waals surface area (Å²) in [7, 11) is 0. The zero-order chi connectivity index (χ0) is 36.2. The first-order chi connectivity index (χ1) is 26.6. The van der Waals surface area contributed by atoms with Crippen LogP contribution < -0.4 is 21.3 Å². The van der Waals surface area contributed by atoms with Crippen molar-refractivity contribution in [3.05, 3.63) is 182 Å². The number of furan rings is 2. The predicted octanol–water partition coefficient (Wildman–Crippen LogP) is 13.3. The molecule has 0 bridgehead atoms. The van der Waals surface area contributed by atoms with Crippen molar-refractivity contribution in [2.24, 2.45) is 0 Å². The summed E-state index contributed by atoms with van der Waals surface area (Å²) in [5.41, 5.74) is 25.3. The molecule has 0 aliphatic carbocycles. The van der Waals surface area contributed by atoms with Gasteiger partial charge in [-0.05, 0) is 96.1 Å². The summed E-state index contributed by atoms with van der Waals surface area (Å²) in [4.78, 5) is 4.41. The summed E-state index contributed by atoms with van der Waals surface area (Å²) in [5.74, 6) is 0. The van der Waals surface area contributed by atoms with Gasteiger partial charge in [0.1, 0.15) is 11.2 Å². The Labute approximate surface area is 311 Å². The van der Waals surface area contributed by atoms with Crippen LogP contribution in [0.5, 0.6) is 0 Å². The zero-order valence-electron chi connectivity index (χ0n) is 29.2. The maximum absolute atomic E-state index is 6.48. The third kappa shape index (κ3) is 5.28. The second-order valence-corrected chi connectivity index (χ2v) is 13.5. The first-order valence-electron chi connectivity index (χ1n) is 17.9. The monoisotopic (exact) mass is 698 g/mol. The first kappa shape index (κ1) is 31.3. The molecule has 258 valence electrons. The number of para-hydroxylation sites is 4. The number of nitrogens with zero attached hydrogens (tertiary/aromatic N) is 2. The third-order valence-corrected chi connectivity index (χ3v) is 10.1. The lowest BCUT2D eigenvalue weighted by molar-refractivity contribution is 0.668. The standard InChI is InChI=1S/C48H34N4O2/c49-33-9-5-11-37(29-33)51(43-17-7-15-41-39-13-1-3-19-45(39)53-47(41)43)35-25-21-31(22-26-35)32-23-27-36(28-24-32)52(38-12-6-10-34(50)30-38)44-18-8-16-42-40-14-2-4-20-46(40)54-48(42)44/h1-30H,49-50H2. The number of anilines is 8. The minimum Gasteiger partial charge on any atom is -0.454 e. The lowest BCUT2D eigenvalue weighted by atomic mass is 10.0. The molecule has 6 heteroatoms. The van der Waals surface area contributed by atoms with Gasteiger partial charge in [0.05, 0.1) is 11.4 Å². The number of hydrogen-bond donors (Lipinski definition) is 2. The first-order valence-corrected chi connectivity index (χ1v) is 17.9. The minimum absolute atomic E-state index is 0.690. The molecule has 8 aromatic carbocycles. The highest BCUT2D eigenvalue weighted by molar-refractivity contribution is 6.11. The van der Waals surface area contributed by atoms with Crippen molar-refractivity contribution in [1.82, 2.24) is 0 Å². The van der Waals surface area contributed by atoms with E-state index in [4.69, 9.17) is 20.3 Å². The molecule has 6 nitrogen and oxygen atoms in total. The van der Waals surface area contributed by atoms with Crippen molar-refractivity contribution in [2.75, 3.05) is 21.3 Å². The van der Waals surface area contributed by atoms with Gasteiger partial charge < -0.3 is 30.1 Å². The number of rotatable bonds is 7. The summed E-state index contributed by atoms with van der Waals surface area (Å²) in [6, 6.07) is 62.0. The van der Waals surface area contributed by atoms with Gasteiger partial charge in [-0.15, -0.1) is 0 Å². The van der Waals surface area contributed by atoms with Crippen molar-refractivity contribution in [3.8, 4) is 11.1 Å². The highest BCUT2D eigenvalue weighted by Crippen LogP contribution is 2.45. The van der Waals surface area contributed by atoms with Crippen LogP contribution in [0.4, 0.5) is 45.5 Å². The Balaban J connectivity index is 1.04. The highest BCUT2D eigenvalue weighted by Gasteiger charge is 2.21. The van der Waals surface area contributed by atoms with Crippen molar-refractivity contribution >= 4 is 89.4 Å². The molecule has 0 fully saturated rings. The molecule has 4 N–H and O–H groups in total. The number of benzene rings is 8. The van der Waals surface area contributed by atoms with Crippen molar-refractivity contribution in [3.63, 3.8) is 0 Å². The Bertz CT molecular complexity index is 2770. The second-order valence-electron chi connectivity index (χ2n) is 13.5. The number of nitrogens with two attached hydrogens (primary N) is 2. The van der Waals surface area contributed by atoms with Crippen LogP contribution in [0.1, 0.15) is 0 Å². The normalized spacial score (nSPS) is 11.5. The maximum atomic E-state index is 6.48. The summed E-state index contributed by atoms with van der Waals surface area (Å²) in [5, 5.41) is 4.31. The lowest BCUT2D eigenvalue weighted by Crippen LogP contribution is -2.10. The van der Waals surface area contributed by atoms with Gasteiger partial charge in [0.15, 0.2) is 11.2 Å². The fraction of sp³-hybridized carbons (Fsp3) is 0. The van der Waals surface area contributed by atoms with Gasteiger partial charge in [-0.1, -0.05) is 97.1 Å². The molecule has 0 saturated heterocycles. The molecule has 54 heavy (non-hydrogen) atoms. The lowest BCUT2D eigenvalue weighted by Gasteiger charge is -2.26. The molecule has 0 aliphatic rings. The van der Waals surface area contributed by atoms with Crippen molar-refractivity contribution < 1.29 is 8.83 Å². The molecule has 10 aromatic rings. The van der Waals surface area contributed by atoms with E-state index in [1.165, 1.54) is 0 Å². The van der Waals surface area contributed by atoms with Crippen LogP contribution in [-0.2, 0) is 0 Å². The van der Waals surface area contributed by atoms with Gasteiger partial charge in [-0.2, -0.15) is 0 Å². The van der Waals surface area contributed by atoms with E-state index >= 15 is 0 Å². The molecular formula is C48H34N4O2. The van der Waals surface area contributed by atoms with E-state index < -0.39 is 0 Å². The molecule has 2 aromatic heterocycles. The van der Waals surface area contributed by atoms with E-state index in [-0.39, 0.29) is 0 Å². The molecule has 0 amide bonds. The fourth-order valence-corrected chi connectivity index (χ4v) is 7.60. The average molecular weight is 699 g/mol. The molecule has 0 saturated carbocycles. The smallest absolute Gasteiger partial charge is 0.159 e. The van der Waals surface area contributed by atoms with Crippen LogP contribution in [0, 0.1) is 0 Å². The highest BCUT2D eigenvalue weighted by atomic mass is 16.3. The molecule has 0 spiro atoms. The minimum atomic E-state index is 0.690. The Morgan fingerprint density at radius 2 is 0.722 bits per heavy atom. The van der Waals surface area contributed by atoms with Gasteiger partial charge in [0.25, 0.3) is 0 Å². The SMILES string of the molecule is Nc1cccc(N(c2ccc(-c3ccc(N(c4cccc(N)c4)c4cccc5c4oc4ccccc45)cc3)cc2)c2cccc3c2oc2ccccc23)c1. The van der Waals surface area contributed by atoms with E-state index in [0.29, 0.717) is 11.4 Å². The Hall–Kier alpha value is -7.44. The summed E-state index contributed by atoms with van der Waals surface area (Å²) in [6.45, 7) is 0. The van der Waals surface area contributed by atoms with Gasteiger partial charge in [-0.3, -0.25) is 0 Å². The molecule has 0 unspecified atom stereocenters. The molecule has 0 aliphatic heterocycles. The number of nitrogen functional groups attached to an aromatic ring is 2. The van der Waals surface area contributed by atoms with Crippen LogP contribution >= 0.6 is 0 Å². The van der Waals surface area contributed by atoms with Crippen LogP contribution in [0.25, 0.3) is 55.0 Å². The fourth-order valence-electron chi connectivity index (χ4n) is 7.60. The molecule has 10 rings (SSSR count). The van der Waals surface area contributed by atoms with Crippen LogP contribution in [-0.4, -0.2) is 0 Å². The Morgan fingerprint density at radius 1 is 0.333 bits per heavy atom. The predicted molar refractivity (Wildman–Crippen MR) is 225 cm³/mol.